The van der Waals surface area contributed by atoms with Crippen LogP contribution in [-0.4, -0.2) is 0 Å². The van der Waals surface area contributed by atoms with Crippen molar-refractivity contribution in [2.24, 2.45) is 24.8 Å². The van der Waals surface area contributed by atoms with Crippen molar-refractivity contribution >= 4 is 10.8 Å². The molecule has 0 spiro atoms. The molecule has 35 heavy (non-hydrogen) atoms. The Kier molecular flexibility index (Phi) is 4.75. The van der Waals surface area contributed by atoms with E-state index in [2.05, 4.69) is 98.3 Å². The standard InChI is InChI=1S/C34H36N/c1-22-9-10-28(27-7-5-4-6-8-27)18-32(22)33-31-12-11-30(17-29(31)13-23(2)35(33)3)34-19-24-14-25(20-34)16-26(15-24)21-34/h4-13,17-18,24-26H,14-16,19-21H2,1-3H3/q+1. The molecule has 0 N–H and O–H groups in total. The Morgan fingerprint density at radius 2 is 1.40 bits per heavy atom. The largest absolute Gasteiger partial charge is 0.220 e. The van der Waals surface area contributed by atoms with Crippen molar-refractivity contribution in [1.82, 2.24) is 0 Å². The normalized spacial score (nSPS) is 27.0. The Morgan fingerprint density at radius 3 is 2.09 bits per heavy atom. The third-order valence-corrected chi connectivity index (χ3v) is 9.79. The Hall–Kier alpha value is -2.93. The van der Waals surface area contributed by atoms with Crippen molar-refractivity contribution in [3.8, 4) is 22.4 Å². The summed E-state index contributed by atoms with van der Waals surface area (Å²) in [4.78, 5) is 0. The number of fused-ring (bicyclic) bond motifs is 1. The molecule has 1 nitrogen and oxygen atoms in total. The molecule has 8 rings (SSSR count). The highest BCUT2D eigenvalue weighted by molar-refractivity contribution is 5.95. The number of nitrogens with zero attached hydrogens (tertiary/aromatic N) is 1. The van der Waals surface area contributed by atoms with Crippen LogP contribution in [0.25, 0.3) is 33.2 Å². The summed E-state index contributed by atoms with van der Waals surface area (Å²) in [6.45, 7) is 4.51. The van der Waals surface area contributed by atoms with Crippen LogP contribution in [0.1, 0.15) is 55.3 Å². The Balaban J connectivity index is 1.39. The van der Waals surface area contributed by atoms with Crippen molar-refractivity contribution in [3.05, 3.63) is 89.6 Å². The smallest absolute Gasteiger partial charge is 0.198 e. The maximum atomic E-state index is 2.58. The van der Waals surface area contributed by atoms with Gasteiger partial charge < -0.3 is 0 Å². The summed E-state index contributed by atoms with van der Waals surface area (Å²) in [5, 5.41) is 2.79. The van der Waals surface area contributed by atoms with E-state index in [-0.39, 0.29) is 0 Å². The monoisotopic (exact) mass is 458 g/mol. The summed E-state index contributed by atoms with van der Waals surface area (Å²) in [6, 6.07) is 27.7. The molecular weight excluding hydrogens is 422 g/mol. The van der Waals surface area contributed by atoms with Crippen LogP contribution in [0.4, 0.5) is 0 Å². The zero-order valence-corrected chi connectivity index (χ0v) is 21.4. The van der Waals surface area contributed by atoms with Crippen LogP contribution in [0.5, 0.6) is 0 Å². The van der Waals surface area contributed by atoms with Gasteiger partial charge in [0.1, 0.15) is 7.05 Å². The SMILES string of the molecule is Cc1ccc(-c2ccccc2)cc1-c1c2ccc(C34CC5CC(CC(C5)C3)C4)cc2cc(C)[n+]1C. The van der Waals surface area contributed by atoms with Gasteiger partial charge in [-0.3, -0.25) is 0 Å². The van der Waals surface area contributed by atoms with Crippen LogP contribution in [0.3, 0.4) is 0 Å². The van der Waals surface area contributed by atoms with Crippen LogP contribution in [0.2, 0.25) is 0 Å². The molecule has 0 unspecified atom stereocenters. The molecule has 4 aromatic rings. The molecule has 3 aromatic carbocycles. The summed E-state index contributed by atoms with van der Waals surface area (Å²) in [5.41, 5.74) is 9.95. The summed E-state index contributed by atoms with van der Waals surface area (Å²) < 4.78 is 2.39. The second kappa shape index (κ2) is 7.79. The van der Waals surface area contributed by atoms with E-state index in [1.807, 2.05) is 0 Å². The second-order valence-corrected chi connectivity index (χ2v) is 12.1. The van der Waals surface area contributed by atoms with Crippen molar-refractivity contribution < 1.29 is 4.57 Å². The van der Waals surface area contributed by atoms with Gasteiger partial charge in [0, 0.05) is 13.0 Å². The van der Waals surface area contributed by atoms with Gasteiger partial charge in [0.05, 0.1) is 10.9 Å². The van der Waals surface area contributed by atoms with E-state index in [1.54, 1.807) is 5.56 Å². The Labute approximate surface area is 209 Å². The Bertz CT molecular complexity index is 1410. The minimum absolute atomic E-state index is 0.443. The quantitative estimate of drug-likeness (QED) is 0.273. The van der Waals surface area contributed by atoms with Crippen molar-refractivity contribution in [1.29, 1.82) is 0 Å². The summed E-state index contributed by atoms with van der Waals surface area (Å²) in [5.74, 6) is 2.93. The van der Waals surface area contributed by atoms with Crippen LogP contribution >= 0.6 is 0 Å². The van der Waals surface area contributed by atoms with E-state index in [1.165, 1.54) is 82.9 Å². The lowest BCUT2D eigenvalue weighted by atomic mass is 9.48. The molecule has 0 amide bonds. The molecule has 1 heterocycles. The molecule has 4 aliphatic carbocycles. The lowest BCUT2D eigenvalue weighted by Gasteiger charge is -2.57. The van der Waals surface area contributed by atoms with E-state index < -0.39 is 0 Å². The van der Waals surface area contributed by atoms with Gasteiger partial charge in [0.15, 0.2) is 5.69 Å². The van der Waals surface area contributed by atoms with E-state index in [0.717, 1.165) is 17.8 Å². The van der Waals surface area contributed by atoms with Crippen molar-refractivity contribution in [2.75, 3.05) is 0 Å². The van der Waals surface area contributed by atoms with Crippen LogP contribution < -0.4 is 4.57 Å². The molecule has 0 radical (unpaired) electrons. The third kappa shape index (κ3) is 3.39. The van der Waals surface area contributed by atoms with Crippen LogP contribution in [0, 0.1) is 31.6 Å². The molecule has 1 heteroatoms. The first-order valence-electron chi connectivity index (χ1n) is 13.6. The third-order valence-electron chi connectivity index (χ3n) is 9.79. The molecule has 4 fully saturated rings. The van der Waals surface area contributed by atoms with Crippen molar-refractivity contribution in [2.45, 2.75) is 57.8 Å². The van der Waals surface area contributed by atoms with Crippen molar-refractivity contribution in [3.63, 3.8) is 0 Å². The fourth-order valence-electron chi connectivity index (χ4n) is 8.38. The molecule has 0 atom stereocenters. The average molecular weight is 459 g/mol. The number of rotatable bonds is 3. The number of hydrogen-bond donors (Lipinski definition) is 0. The van der Waals surface area contributed by atoms with Gasteiger partial charge in [0.25, 0.3) is 0 Å². The lowest BCUT2D eigenvalue weighted by Crippen LogP contribution is -2.48. The molecular formula is C34H36N+. The fourth-order valence-corrected chi connectivity index (χ4v) is 8.38. The van der Waals surface area contributed by atoms with E-state index >= 15 is 0 Å². The van der Waals surface area contributed by atoms with Gasteiger partial charge in [-0.2, -0.15) is 4.57 Å². The fraction of sp³-hybridized carbons (Fsp3) is 0.382. The molecule has 4 saturated carbocycles. The molecule has 4 aliphatic rings. The van der Waals surface area contributed by atoms with Gasteiger partial charge in [-0.1, -0.05) is 54.6 Å². The van der Waals surface area contributed by atoms with Gasteiger partial charge in [-0.05, 0) is 108 Å². The average Bonchev–Trinajstić information content (AvgIpc) is 2.85. The first kappa shape index (κ1) is 21.4. The number of hydrogen-bond acceptors (Lipinski definition) is 0. The Morgan fingerprint density at radius 1 is 0.714 bits per heavy atom. The minimum Gasteiger partial charge on any atom is -0.198 e. The maximum Gasteiger partial charge on any atom is 0.220 e. The molecule has 0 aliphatic heterocycles. The lowest BCUT2D eigenvalue weighted by molar-refractivity contribution is -0.665. The van der Waals surface area contributed by atoms with Gasteiger partial charge in [0.2, 0.25) is 5.69 Å². The van der Waals surface area contributed by atoms with E-state index in [9.17, 15) is 0 Å². The van der Waals surface area contributed by atoms with Crippen LogP contribution in [-0.2, 0) is 12.5 Å². The molecule has 4 bridgehead atoms. The van der Waals surface area contributed by atoms with Crippen LogP contribution in [0.15, 0.2) is 72.8 Å². The number of benzene rings is 3. The summed E-state index contributed by atoms with van der Waals surface area (Å²) in [7, 11) is 2.23. The van der Waals surface area contributed by atoms with E-state index in [4.69, 9.17) is 0 Å². The highest BCUT2D eigenvalue weighted by Gasteiger charge is 2.51. The predicted octanol–water partition coefficient (Wildman–Crippen LogP) is 8.08. The summed E-state index contributed by atoms with van der Waals surface area (Å²) >= 11 is 0. The number of aromatic nitrogens is 1. The number of pyridine rings is 1. The topological polar surface area (TPSA) is 3.88 Å². The first-order chi connectivity index (χ1) is 17.0. The highest BCUT2D eigenvalue weighted by Crippen LogP contribution is 2.60. The zero-order valence-electron chi connectivity index (χ0n) is 21.4. The van der Waals surface area contributed by atoms with Gasteiger partial charge in [-0.15, -0.1) is 0 Å². The molecule has 0 saturated heterocycles. The predicted molar refractivity (Wildman–Crippen MR) is 145 cm³/mol. The zero-order chi connectivity index (χ0) is 23.7. The van der Waals surface area contributed by atoms with Gasteiger partial charge >= 0.3 is 0 Å². The minimum atomic E-state index is 0.443. The number of aryl methyl sites for hydroxylation is 2. The first-order valence-corrected chi connectivity index (χ1v) is 13.6. The van der Waals surface area contributed by atoms with Gasteiger partial charge in [-0.25, -0.2) is 0 Å². The van der Waals surface area contributed by atoms with E-state index in [0.29, 0.717) is 5.41 Å². The highest BCUT2D eigenvalue weighted by atomic mass is 14.9. The maximum absolute atomic E-state index is 2.58. The summed E-state index contributed by atoms with van der Waals surface area (Å²) in [6.07, 6.45) is 8.79. The molecule has 176 valence electrons. The second-order valence-electron chi connectivity index (χ2n) is 12.1. The molecule has 1 aromatic heterocycles.